The Morgan fingerprint density at radius 2 is 0.415 bits per heavy atom. The fraction of sp³-hybridized carbons (Fsp3) is 1.00. The first-order chi connectivity index (χ1) is 19.7. The fourth-order valence-corrected chi connectivity index (χ4v) is 7.21. The van der Waals surface area contributed by atoms with Crippen LogP contribution in [0.1, 0.15) is 227 Å². The number of rotatable bonds is 35. The van der Waals surface area contributed by atoms with E-state index in [1.165, 1.54) is 230 Å². The first kappa shape index (κ1) is 43.6. The standard InChI is InChI=1S/C39H82N.BrH/c1-5-9-10-11-12-13-14-15-16-17-18-19-20-21-22-23-24-25-26-27-28-29-30-31-32-33-34-35-39-40(36-6-2,37-7-3)38-8-4;/h5-39H2,1-4H3;1H/q+1;/p-1. The number of hydrogen-bond acceptors (Lipinski definition) is 0. The lowest BCUT2D eigenvalue weighted by atomic mass is 10.0. The second-order valence-corrected chi connectivity index (χ2v) is 13.8. The summed E-state index contributed by atoms with van der Waals surface area (Å²) < 4.78 is 1.41. The Labute approximate surface area is 273 Å². The third kappa shape index (κ3) is 31.7. The largest absolute Gasteiger partial charge is 1.00 e. The molecule has 0 saturated carbocycles. The van der Waals surface area contributed by atoms with Crippen molar-refractivity contribution in [1.29, 1.82) is 0 Å². The van der Waals surface area contributed by atoms with E-state index in [4.69, 9.17) is 0 Å². The molecule has 2 heteroatoms. The molecule has 0 spiro atoms. The Morgan fingerprint density at radius 3 is 0.610 bits per heavy atom. The lowest BCUT2D eigenvalue weighted by Gasteiger charge is -2.38. The average Bonchev–Trinajstić information content (AvgIpc) is 2.95. The van der Waals surface area contributed by atoms with Crippen molar-refractivity contribution in [1.82, 2.24) is 0 Å². The third-order valence-electron chi connectivity index (χ3n) is 9.58. The zero-order chi connectivity index (χ0) is 29.2. The van der Waals surface area contributed by atoms with E-state index in [0.29, 0.717) is 0 Å². The van der Waals surface area contributed by atoms with Crippen molar-refractivity contribution in [2.24, 2.45) is 0 Å². The summed E-state index contributed by atoms with van der Waals surface area (Å²) in [5.41, 5.74) is 0. The quantitative estimate of drug-likeness (QED) is 0.0476. The Bertz CT molecular complexity index is 434. The Balaban J connectivity index is 0. The molecule has 0 saturated heterocycles. The average molecular weight is 645 g/mol. The monoisotopic (exact) mass is 644 g/mol. The van der Waals surface area contributed by atoms with Gasteiger partial charge in [0, 0.05) is 0 Å². The van der Waals surface area contributed by atoms with Gasteiger partial charge in [-0.15, -0.1) is 0 Å². The maximum atomic E-state index is 2.38. The maximum absolute atomic E-state index is 2.38. The van der Waals surface area contributed by atoms with Crippen molar-refractivity contribution in [3.63, 3.8) is 0 Å². The highest BCUT2D eigenvalue weighted by Crippen LogP contribution is 2.18. The first-order valence-corrected chi connectivity index (χ1v) is 19.6. The zero-order valence-electron chi connectivity index (χ0n) is 29.6. The van der Waals surface area contributed by atoms with Crippen molar-refractivity contribution in [3.8, 4) is 0 Å². The molecule has 0 fully saturated rings. The number of nitrogens with zero attached hydrogens (tertiary/aromatic N) is 1. The normalized spacial score (nSPS) is 11.7. The van der Waals surface area contributed by atoms with Crippen LogP contribution in [0.25, 0.3) is 0 Å². The van der Waals surface area contributed by atoms with Crippen LogP contribution in [-0.4, -0.2) is 30.7 Å². The van der Waals surface area contributed by atoms with Gasteiger partial charge in [-0.25, -0.2) is 0 Å². The van der Waals surface area contributed by atoms with Gasteiger partial charge in [-0.1, -0.05) is 195 Å². The summed E-state index contributed by atoms with van der Waals surface area (Å²) in [7, 11) is 0. The molecular weight excluding hydrogens is 562 g/mol. The number of halogens is 1. The van der Waals surface area contributed by atoms with Crippen molar-refractivity contribution in [3.05, 3.63) is 0 Å². The second-order valence-electron chi connectivity index (χ2n) is 13.8. The van der Waals surface area contributed by atoms with Gasteiger partial charge in [-0.05, 0) is 32.1 Å². The maximum Gasteiger partial charge on any atom is 0.0786 e. The highest BCUT2D eigenvalue weighted by atomic mass is 79.9. The molecule has 0 aliphatic heterocycles. The zero-order valence-corrected chi connectivity index (χ0v) is 31.2. The predicted octanol–water partition coefficient (Wildman–Crippen LogP) is 11.0. The van der Waals surface area contributed by atoms with Crippen LogP contribution in [-0.2, 0) is 0 Å². The van der Waals surface area contributed by atoms with Gasteiger partial charge in [-0.3, -0.25) is 0 Å². The van der Waals surface area contributed by atoms with Crippen LogP contribution >= 0.6 is 0 Å². The van der Waals surface area contributed by atoms with E-state index in [2.05, 4.69) is 27.7 Å². The number of hydrogen-bond donors (Lipinski definition) is 0. The highest BCUT2D eigenvalue weighted by molar-refractivity contribution is 4.53. The molecule has 0 aromatic heterocycles. The molecule has 0 atom stereocenters. The summed E-state index contributed by atoms with van der Waals surface area (Å²) in [5, 5.41) is 0. The van der Waals surface area contributed by atoms with Crippen LogP contribution in [0.3, 0.4) is 0 Å². The molecular formula is C39H82BrN. The van der Waals surface area contributed by atoms with E-state index in [1.54, 1.807) is 0 Å². The summed E-state index contributed by atoms with van der Waals surface area (Å²) in [5.74, 6) is 0. The van der Waals surface area contributed by atoms with Gasteiger partial charge < -0.3 is 21.5 Å². The first-order valence-electron chi connectivity index (χ1n) is 19.6. The minimum Gasteiger partial charge on any atom is -1.00 e. The van der Waals surface area contributed by atoms with Gasteiger partial charge in [0.05, 0.1) is 26.2 Å². The minimum absolute atomic E-state index is 0. The molecule has 0 aliphatic rings. The van der Waals surface area contributed by atoms with Crippen LogP contribution in [0.5, 0.6) is 0 Å². The van der Waals surface area contributed by atoms with E-state index in [-0.39, 0.29) is 17.0 Å². The third-order valence-corrected chi connectivity index (χ3v) is 9.58. The molecule has 0 aromatic rings. The Morgan fingerprint density at radius 1 is 0.220 bits per heavy atom. The van der Waals surface area contributed by atoms with Crippen LogP contribution < -0.4 is 17.0 Å². The summed E-state index contributed by atoms with van der Waals surface area (Å²) >= 11 is 0. The number of unbranched alkanes of at least 4 members (excludes halogenated alkanes) is 27. The van der Waals surface area contributed by atoms with Crippen LogP contribution in [0.4, 0.5) is 0 Å². The Kier molecular flexibility index (Phi) is 38.9. The van der Waals surface area contributed by atoms with Crippen LogP contribution in [0.15, 0.2) is 0 Å². The van der Waals surface area contributed by atoms with Crippen molar-refractivity contribution in [2.45, 2.75) is 227 Å². The molecule has 0 heterocycles. The van der Waals surface area contributed by atoms with Gasteiger partial charge in [0.2, 0.25) is 0 Å². The smallest absolute Gasteiger partial charge is 0.0786 e. The van der Waals surface area contributed by atoms with Crippen molar-refractivity contribution in [2.75, 3.05) is 26.2 Å². The van der Waals surface area contributed by atoms with E-state index < -0.39 is 0 Å². The van der Waals surface area contributed by atoms with Crippen molar-refractivity contribution < 1.29 is 21.5 Å². The van der Waals surface area contributed by atoms with Crippen LogP contribution in [0, 0.1) is 0 Å². The van der Waals surface area contributed by atoms with Gasteiger partial charge >= 0.3 is 0 Å². The van der Waals surface area contributed by atoms with Crippen LogP contribution in [0.2, 0.25) is 0 Å². The molecule has 0 radical (unpaired) electrons. The lowest BCUT2D eigenvalue weighted by molar-refractivity contribution is -0.928. The molecule has 0 rings (SSSR count). The Hall–Kier alpha value is 0.440. The molecule has 250 valence electrons. The molecule has 0 aromatic carbocycles. The molecule has 0 aliphatic carbocycles. The SMILES string of the molecule is CCCCCCCCCCCCCCCCCCCCCCCCCCCCCC[N+](CCC)(CCC)CCC.[Br-]. The predicted molar refractivity (Wildman–Crippen MR) is 186 cm³/mol. The molecule has 0 N–H and O–H groups in total. The second kappa shape index (κ2) is 36.6. The summed E-state index contributed by atoms with van der Waals surface area (Å²) in [4.78, 5) is 0. The number of quaternary nitrogens is 1. The van der Waals surface area contributed by atoms with E-state index in [9.17, 15) is 0 Å². The fourth-order valence-electron chi connectivity index (χ4n) is 7.21. The minimum atomic E-state index is 0. The van der Waals surface area contributed by atoms with E-state index in [1.807, 2.05) is 0 Å². The highest BCUT2D eigenvalue weighted by Gasteiger charge is 2.23. The molecule has 0 bridgehead atoms. The summed E-state index contributed by atoms with van der Waals surface area (Å²) in [6, 6.07) is 0. The molecule has 41 heavy (non-hydrogen) atoms. The topological polar surface area (TPSA) is 0 Å². The van der Waals surface area contributed by atoms with E-state index >= 15 is 0 Å². The van der Waals surface area contributed by atoms with Gasteiger partial charge in [-0.2, -0.15) is 0 Å². The summed E-state index contributed by atoms with van der Waals surface area (Å²) in [6.45, 7) is 15.1. The van der Waals surface area contributed by atoms with Gasteiger partial charge in [0.1, 0.15) is 0 Å². The van der Waals surface area contributed by atoms with E-state index in [0.717, 1.165) is 0 Å². The van der Waals surface area contributed by atoms with Gasteiger partial charge in [0.25, 0.3) is 0 Å². The van der Waals surface area contributed by atoms with Gasteiger partial charge in [0.15, 0.2) is 0 Å². The van der Waals surface area contributed by atoms with Crippen molar-refractivity contribution >= 4 is 0 Å². The molecule has 0 amide bonds. The lowest BCUT2D eigenvalue weighted by Crippen LogP contribution is -3.00. The molecule has 0 unspecified atom stereocenters. The molecule has 1 nitrogen and oxygen atoms in total. The summed E-state index contributed by atoms with van der Waals surface area (Å²) in [6.07, 6.45) is 45.5.